The highest BCUT2D eigenvalue weighted by atomic mass is 28.4. The first kappa shape index (κ1) is 18.7. The molecule has 0 saturated carbocycles. The summed E-state index contributed by atoms with van der Waals surface area (Å²) < 4.78 is 6.29. The molecule has 1 atom stereocenters. The van der Waals surface area contributed by atoms with Gasteiger partial charge in [-0.3, -0.25) is 4.79 Å². The van der Waals surface area contributed by atoms with Crippen LogP contribution >= 0.6 is 0 Å². The average Bonchev–Trinajstić information content (AvgIpc) is 2.42. The molecule has 1 heterocycles. The fraction of sp³-hybridized carbons (Fsp3) is 0.842. The van der Waals surface area contributed by atoms with Crippen LogP contribution in [0.5, 0.6) is 0 Å². The number of hydrogen-bond acceptors (Lipinski definition) is 3. The van der Waals surface area contributed by atoms with Gasteiger partial charge in [-0.25, -0.2) is 0 Å². The molecule has 0 aromatic carbocycles. The molecule has 0 fully saturated rings. The van der Waals surface area contributed by atoms with Gasteiger partial charge in [-0.15, -0.1) is 0 Å². The Labute approximate surface area is 143 Å². The molecule has 0 spiro atoms. The van der Waals surface area contributed by atoms with E-state index in [1.54, 1.807) is 0 Å². The van der Waals surface area contributed by atoms with Crippen LogP contribution in [0.4, 0.5) is 0 Å². The Hall–Kier alpha value is -0.613. The van der Waals surface area contributed by atoms with Gasteiger partial charge in [0, 0.05) is 37.4 Å². The predicted octanol–water partition coefficient (Wildman–Crippen LogP) is 4.75. The Kier molecular flexibility index (Phi) is 5.78. The fourth-order valence-corrected chi connectivity index (χ4v) is 4.45. The first-order chi connectivity index (χ1) is 10.6. The van der Waals surface area contributed by atoms with Gasteiger partial charge in [0.1, 0.15) is 0 Å². The standard InChI is InChI=1S/C19H35NO2Si/c1-15-13-17-16(18(21)14-15)9-7-10-20(17)11-8-12-22-23(5,6)19(2,3)4/h15H,7-14H2,1-6H3. The zero-order valence-corrected chi connectivity index (χ0v) is 17.0. The molecule has 3 nitrogen and oxygen atoms in total. The van der Waals surface area contributed by atoms with Crippen molar-refractivity contribution in [2.24, 2.45) is 5.92 Å². The van der Waals surface area contributed by atoms with Crippen LogP contribution in [0, 0.1) is 5.92 Å². The maximum atomic E-state index is 12.3. The zero-order chi connectivity index (χ0) is 17.3. The van der Waals surface area contributed by atoms with E-state index < -0.39 is 8.32 Å². The van der Waals surface area contributed by atoms with Gasteiger partial charge in [0.2, 0.25) is 0 Å². The van der Waals surface area contributed by atoms with Gasteiger partial charge < -0.3 is 9.33 Å². The summed E-state index contributed by atoms with van der Waals surface area (Å²) in [4.78, 5) is 14.7. The van der Waals surface area contributed by atoms with Crippen LogP contribution in [-0.4, -0.2) is 38.7 Å². The Morgan fingerprint density at radius 1 is 1.26 bits per heavy atom. The third-order valence-electron chi connectivity index (χ3n) is 5.84. The van der Waals surface area contributed by atoms with Crippen molar-refractivity contribution >= 4 is 14.1 Å². The normalized spacial score (nSPS) is 23.3. The minimum atomic E-state index is -1.63. The van der Waals surface area contributed by atoms with E-state index in [9.17, 15) is 4.79 Å². The lowest BCUT2D eigenvalue weighted by molar-refractivity contribution is -0.117. The number of nitrogens with zero attached hydrogens (tertiary/aromatic N) is 1. The van der Waals surface area contributed by atoms with Crippen molar-refractivity contribution in [1.29, 1.82) is 0 Å². The smallest absolute Gasteiger partial charge is 0.191 e. The number of carbonyl (C=O) groups is 1. The molecule has 4 heteroatoms. The molecular weight excluding hydrogens is 302 g/mol. The van der Waals surface area contributed by atoms with E-state index in [0.29, 0.717) is 11.7 Å². The highest BCUT2D eigenvalue weighted by Crippen LogP contribution is 2.37. The summed E-state index contributed by atoms with van der Waals surface area (Å²) in [6.07, 6.45) is 5.02. The second-order valence-corrected chi connectivity index (χ2v) is 13.7. The number of Topliss-reactive ketones (excluding diaryl/α,β-unsaturated/α-hetero) is 1. The molecule has 0 N–H and O–H groups in total. The van der Waals surface area contributed by atoms with E-state index in [2.05, 4.69) is 45.7 Å². The third-order valence-corrected chi connectivity index (χ3v) is 10.4. The maximum Gasteiger partial charge on any atom is 0.191 e. The van der Waals surface area contributed by atoms with E-state index >= 15 is 0 Å². The fourth-order valence-electron chi connectivity index (χ4n) is 3.36. The van der Waals surface area contributed by atoms with E-state index in [1.807, 2.05) is 0 Å². The largest absolute Gasteiger partial charge is 0.417 e. The minimum Gasteiger partial charge on any atom is -0.417 e. The Balaban J connectivity index is 1.89. The molecule has 1 aliphatic heterocycles. The van der Waals surface area contributed by atoms with Crippen LogP contribution in [0.25, 0.3) is 0 Å². The van der Waals surface area contributed by atoms with E-state index in [4.69, 9.17) is 4.43 Å². The van der Waals surface area contributed by atoms with E-state index in [-0.39, 0.29) is 5.04 Å². The van der Waals surface area contributed by atoms with Gasteiger partial charge in [0.25, 0.3) is 0 Å². The van der Waals surface area contributed by atoms with Crippen LogP contribution in [-0.2, 0) is 9.22 Å². The summed E-state index contributed by atoms with van der Waals surface area (Å²) in [5.74, 6) is 0.909. The van der Waals surface area contributed by atoms with E-state index in [1.165, 1.54) is 5.70 Å². The Morgan fingerprint density at radius 2 is 1.96 bits per heavy atom. The number of hydrogen-bond donors (Lipinski definition) is 0. The highest BCUT2D eigenvalue weighted by molar-refractivity contribution is 6.74. The third kappa shape index (κ3) is 4.47. The van der Waals surface area contributed by atoms with Gasteiger partial charge in [-0.05, 0) is 49.7 Å². The van der Waals surface area contributed by atoms with Crippen molar-refractivity contribution in [1.82, 2.24) is 4.90 Å². The zero-order valence-electron chi connectivity index (χ0n) is 16.0. The molecule has 0 radical (unpaired) electrons. The first-order valence-electron chi connectivity index (χ1n) is 9.26. The SMILES string of the molecule is CC1CC(=O)C2=C(C1)N(CCCO[Si](C)(C)C(C)(C)C)CCC2. The highest BCUT2D eigenvalue weighted by Gasteiger charge is 2.37. The van der Waals surface area contributed by atoms with Crippen molar-refractivity contribution in [2.45, 2.75) is 77.9 Å². The molecule has 23 heavy (non-hydrogen) atoms. The number of carbonyl (C=O) groups excluding carboxylic acids is 1. The van der Waals surface area contributed by atoms with Crippen LogP contribution in [0.3, 0.4) is 0 Å². The summed E-state index contributed by atoms with van der Waals surface area (Å²) in [6.45, 7) is 16.7. The summed E-state index contributed by atoms with van der Waals surface area (Å²) in [5.41, 5.74) is 2.49. The molecular formula is C19H35NO2Si. The molecule has 0 saturated heterocycles. The molecule has 132 valence electrons. The van der Waals surface area contributed by atoms with Crippen molar-refractivity contribution < 1.29 is 9.22 Å². The van der Waals surface area contributed by atoms with Crippen LogP contribution < -0.4 is 0 Å². The average molecular weight is 338 g/mol. The summed E-state index contributed by atoms with van der Waals surface area (Å²) in [5, 5.41) is 0.277. The first-order valence-corrected chi connectivity index (χ1v) is 12.2. The number of allylic oxidation sites excluding steroid dienone is 2. The lowest BCUT2D eigenvalue weighted by atomic mass is 9.83. The van der Waals surface area contributed by atoms with Crippen LogP contribution in [0.2, 0.25) is 18.1 Å². The lowest BCUT2D eigenvalue weighted by Crippen LogP contribution is -2.41. The molecule has 0 amide bonds. The van der Waals surface area contributed by atoms with Gasteiger partial charge in [0.05, 0.1) is 0 Å². The Bertz CT molecular complexity index is 476. The molecule has 0 bridgehead atoms. The predicted molar refractivity (Wildman–Crippen MR) is 99.0 cm³/mol. The molecule has 2 rings (SSSR count). The van der Waals surface area contributed by atoms with Crippen LogP contribution in [0.15, 0.2) is 11.3 Å². The number of ketones is 1. The van der Waals surface area contributed by atoms with Gasteiger partial charge in [0.15, 0.2) is 14.1 Å². The second-order valence-electron chi connectivity index (χ2n) is 8.91. The maximum absolute atomic E-state index is 12.3. The lowest BCUT2D eigenvalue weighted by Gasteiger charge is -2.38. The number of rotatable bonds is 5. The summed E-state index contributed by atoms with van der Waals surface area (Å²) in [6, 6.07) is 0. The van der Waals surface area contributed by atoms with Gasteiger partial charge in [-0.1, -0.05) is 27.7 Å². The van der Waals surface area contributed by atoms with E-state index in [0.717, 1.165) is 57.4 Å². The van der Waals surface area contributed by atoms with Crippen molar-refractivity contribution in [2.75, 3.05) is 19.7 Å². The quantitative estimate of drug-likeness (QED) is 0.536. The van der Waals surface area contributed by atoms with Gasteiger partial charge >= 0.3 is 0 Å². The summed E-state index contributed by atoms with van der Waals surface area (Å²) in [7, 11) is -1.63. The molecule has 0 aromatic heterocycles. The van der Waals surface area contributed by atoms with Crippen LogP contribution in [0.1, 0.15) is 59.8 Å². The molecule has 1 unspecified atom stereocenters. The van der Waals surface area contributed by atoms with Crippen molar-refractivity contribution in [3.63, 3.8) is 0 Å². The molecule has 2 aliphatic rings. The topological polar surface area (TPSA) is 29.5 Å². The van der Waals surface area contributed by atoms with Crippen molar-refractivity contribution in [3.05, 3.63) is 11.3 Å². The van der Waals surface area contributed by atoms with Crippen molar-refractivity contribution in [3.8, 4) is 0 Å². The van der Waals surface area contributed by atoms with Gasteiger partial charge in [-0.2, -0.15) is 0 Å². The molecule has 1 aliphatic carbocycles. The molecule has 0 aromatic rings. The summed E-state index contributed by atoms with van der Waals surface area (Å²) >= 11 is 0. The second kappa shape index (κ2) is 7.10. The Morgan fingerprint density at radius 3 is 2.61 bits per heavy atom. The monoisotopic (exact) mass is 337 g/mol. The minimum absolute atomic E-state index is 0.277.